The van der Waals surface area contributed by atoms with Gasteiger partial charge in [0.25, 0.3) is 5.91 Å². The average Bonchev–Trinajstić information content (AvgIpc) is 3.07. The summed E-state index contributed by atoms with van der Waals surface area (Å²) >= 11 is 0. The Hall–Kier alpha value is -2.83. The smallest absolute Gasteiger partial charge is 0.287 e. The number of carbonyl (C=O) groups excluding carboxylic acids is 1. The fraction of sp³-hybridized carbons (Fsp3) is 0.318. The molecule has 0 aliphatic rings. The van der Waals surface area contributed by atoms with E-state index in [1.54, 1.807) is 14.2 Å². The Labute approximate surface area is 165 Å². The minimum absolute atomic E-state index is 0.00527. The lowest BCUT2D eigenvalue weighted by Gasteiger charge is -2.25. The van der Waals surface area contributed by atoms with Crippen molar-refractivity contribution < 1.29 is 18.7 Å². The van der Waals surface area contributed by atoms with Crippen LogP contribution in [0.25, 0.3) is 11.0 Å². The number of fused-ring (bicyclic) bond motifs is 1. The van der Waals surface area contributed by atoms with Crippen molar-refractivity contribution in [2.75, 3.05) is 34.9 Å². The van der Waals surface area contributed by atoms with Crippen molar-refractivity contribution in [3.05, 3.63) is 65.4 Å². The van der Waals surface area contributed by atoms with Gasteiger partial charge in [-0.05, 0) is 37.9 Å². The molecule has 148 valence electrons. The van der Waals surface area contributed by atoms with Gasteiger partial charge in [-0.1, -0.05) is 30.3 Å². The predicted octanol–water partition coefficient (Wildman–Crippen LogP) is 3.62. The molecule has 0 spiro atoms. The molecule has 0 aliphatic carbocycles. The Morgan fingerprint density at radius 3 is 2.64 bits per heavy atom. The van der Waals surface area contributed by atoms with E-state index in [4.69, 9.17) is 13.9 Å². The van der Waals surface area contributed by atoms with Crippen molar-refractivity contribution in [1.82, 2.24) is 10.2 Å². The lowest BCUT2D eigenvalue weighted by Crippen LogP contribution is -2.34. The molecule has 0 saturated carbocycles. The summed E-state index contributed by atoms with van der Waals surface area (Å²) in [6, 6.07) is 15.4. The Bertz CT molecular complexity index is 949. The summed E-state index contributed by atoms with van der Waals surface area (Å²) < 4.78 is 16.4. The average molecular weight is 382 g/mol. The molecular formula is C22H26N2O4. The van der Waals surface area contributed by atoms with E-state index < -0.39 is 0 Å². The Morgan fingerprint density at radius 1 is 1.14 bits per heavy atom. The first kappa shape index (κ1) is 19.9. The first-order chi connectivity index (χ1) is 13.5. The van der Waals surface area contributed by atoms with E-state index in [2.05, 4.69) is 10.2 Å². The maximum Gasteiger partial charge on any atom is 0.287 e. The Balaban J connectivity index is 1.82. The summed E-state index contributed by atoms with van der Waals surface area (Å²) in [5, 5.41) is 3.90. The first-order valence-corrected chi connectivity index (χ1v) is 9.13. The highest BCUT2D eigenvalue weighted by Gasteiger charge is 2.22. The third kappa shape index (κ3) is 4.18. The topological polar surface area (TPSA) is 63.9 Å². The molecule has 1 N–H and O–H groups in total. The van der Waals surface area contributed by atoms with Gasteiger partial charge in [-0.2, -0.15) is 0 Å². The van der Waals surface area contributed by atoms with Crippen LogP contribution in [0, 0.1) is 0 Å². The number of rotatable bonds is 8. The van der Waals surface area contributed by atoms with Crippen molar-refractivity contribution in [2.24, 2.45) is 0 Å². The van der Waals surface area contributed by atoms with Crippen molar-refractivity contribution >= 4 is 16.9 Å². The van der Waals surface area contributed by atoms with Crippen LogP contribution in [0.3, 0.4) is 0 Å². The van der Waals surface area contributed by atoms with Gasteiger partial charge in [0, 0.05) is 24.6 Å². The second-order valence-corrected chi connectivity index (χ2v) is 6.80. The van der Waals surface area contributed by atoms with Crippen LogP contribution < -0.4 is 10.1 Å². The van der Waals surface area contributed by atoms with Gasteiger partial charge >= 0.3 is 0 Å². The highest BCUT2D eigenvalue weighted by molar-refractivity contribution is 5.99. The number of likely N-dealkylation sites (N-methyl/N-ethyl adjacent to an activating group) is 1. The van der Waals surface area contributed by atoms with Crippen molar-refractivity contribution in [1.29, 1.82) is 0 Å². The Kier molecular flexibility index (Phi) is 6.34. The SMILES string of the molecule is COCc1c(C(=O)NC[C@H](c2cccc(OC)c2)N(C)C)oc2ccccc12. The van der Waals surface area contributed by atoms with Gasteiger partial charge in [0.05, 0.1) is 19.8 Å². The summed E-state index contributed by atoms with van der Waals surface area (Å²) in [6.07, 6.45) is 0. The van der Waals surface area contributed by atoms with E-state index in [0.29, 0.717) is 24.5 Å². The van der Waals surface area contributed by atoms with Gasteiger partial charge in [0.1, 0.15) is 11.3 Å². The first-order valence-electron chi connectivity index (χ1n) is 9.13. The van der Waals surface area contributed by atoms with Crippen molar-refractivity contribution in [2.45, 2.75) is 12.6 Å². The van der Waals surface area contributed by atoms with Crippen LogP contribution >= 0.6 is 0 Å². The van der Waals surface area contributed by atoms with Gasteiger partial charge in [0.2, 0.25) is 0 Å². The molecule has 6 heteroatoms. The van der Waals surface area contributed by atoms with E-state index >= 15 is 0 Å². The van der Waals surface area contributed by atoms with Crippen LogP contribution in [0.5, 0.6) is 5.75 Å². The molecule has 1 amide bonds. The van der Waals surface area contributed by atoms with Crippen LogP contribution in [0.4, 0.5) is 0 Å². The Morgan fingerprint density at radius 2 is 1.93 bits per heavy atom. The number of hydrogen-bond donors (Lipinski definition) is 1. The molecule has 28 heavy (non-hydrogen) atoms. The number of nitrogens with one attached hydrogen (secondary N) is 1. The lowest BCUT2D eigenvalue weighted by atomic mass is 10.1. The van der Waals surface area contributed by atoms with Gasteiger partial charge in [-0.25, -0.2) is 0 Å². The molecular weight excluding hydrogens is 356 g/mol. The van der Waals surface area contributed by atoms with Gasteiger partial charge < -0.3 is 24.1 Å². The molecule has 0 fully saturated rings. The molecule has 0 saturated heterocycles. The van der Waals surface area contributed by atoms with E-state index in [1.807, 2.05) is 62.6 Å². The molecule has 0 bridgehead atoms. The normalized spacial score (nSPS) is 12.3. The molecule has 0 aliphatic heterocycles. The number of hydrogen-bond acceptors (Lipinski definition) is 5. The fourth-order valence-electron chi connectivity index (χ4n) is 3.29. The summed E-state index contributed by atoms with van der Waals surface area (Å²) in [7, 11) is 7.21. The number of ether oxygens (including phenoxy) is 2. The largest absolute Gasteiger partial charge is 0.497 e. The quantitative estimate of drug-likeness (QED) is 0.645. The summed E-state index contributed by atoms with van der Waals surface area (Å²) in [6.45, 7) is 0.745. The lowest BCUT2D eigenvalue weighted by molar-refractivity contribution is 0.0909. The predicted molar refractivity (Wildman–Crippen MR) is 109 cm³/mol. The fourth-order valence-corrected chi connectivity index (χ4v) is 3.29. The molecule has 0 radical (unpaired) electrons. The number of methoxy groups -OCH3 is 2. The molecule has 0 unspecified atom stereocenters. The van der Waals surface area contributed by atoms with Crippen LogP contribution in [-0.2, 0) is 11.3 Å². The van der Waals surface area contributed by atoms with Crippen LogP contribution in [-0.4, -0.2) is 45.7 Å². The molecule has 3 rings (SSSR count). The number of amides is 1. The number of benzene rings is 2. The van der Waals surface area contributed by atoms with Crippen LogP contribution in [0.15, 0.2) is 52.9 Å². The zero-order valence-corrected chi connectivity index (χ0v) is 16.7. The molecule has 6 nitrogen and oxygen atoms in total. The van der Waals surface area contributed by atoms with Crippen LogP contribution in [0.1, 0.15) is 27.7 Å². The van der Waals surface area contributed by atoms with Crippen molar-refractivity contribution in [3.63, 3.8) is 0 Å². The van der Waals surface area contributed by atoms with E-state index in [0.717, 1.165) is 22.3 Å². The van der Waals surface area contributed by atoms with E-state index in [-0.39, 0.29) is 11.9 Å². The van der Waals surface area contributed by atoms with Crippen molar-refractivity contribution in [3.8, 4) is 5.75 Å². The number of furan rings is 1. The molecule has 1 heterocycles. The highest BCUT2D eigenvalue weighted by Crippen LogP contribution is 2.27. The minimum atomic E-state index is -0.252. The van der Waals surface area contributed by atoms with Gasteiger partial charge in [0.15, 0.2) is 5.76 Å². The summed E-state index contributed by atoms with van der Waals surface area (Å²) in [5.41, 5.74) is 2.50. The maximum absolute atomic E-state index is 12.9. The summed E-state index contributed by atoms with van der Waals surface area (Å²) in [5.74, 6) is 0.833. The van der Waals surface area contributed by atoms with Gasteiger partial charge in [-0.15, -0.1) is 0 Å². The number of nitrogens with zero attached hydrogens (tertiary/aromatic N) is 1. The van der Waals surface area contributed by atoms with E-state index in [9.17, 15) is 4.79 Å². The number of para-hydroxylation sites is 1. The van der Waals surface area contributed by atoms with Crippen LogP contribution in [0.2, 0.25) is 0 Å². The molecule has 3 aromatic rings. The second kappa shape index (κ2) is 8.91. The third-order valence-corrected chi connectivity index (χ3v) is 4.75. The zero-order chi connectivity index (χ0) is 20.1. The number of carbonyl (C=O) groups is 1. The van der Waals surface area contributed by atoms with Gasteiger partial charge in [-0.3, -0.25) is 4.79 Å². The maximum atomic E-state index is 12.9. The molecule has 1 aromatic heterocycles. The third-order valence-electron chi connectivity index (χ3n) is 4.75. The second-order valence-electron chi connectivity index (χ2n) is 6.80. The summed E-state index contributed by atoms with van der Waals surface area (Å²) in [4.78, 5) is 14.9. The minimum Gasteiger partial charge on any atom is -0.497 e. The zero-order valence-electron chi connectivity index (χ0n) is 16.7. The highest BCUT2D eigenvalue weighted by atomic mass is 16.5. The molecule has 1 atom stereocenters. The van der Waals surface area contributed by atoms with E-state index in [1.165, 1.54) is 0 Å². The standard InChI is InChI=1S/C22H26N2O4/c1-24(2)19(15-8-7-9-16(12-15)27-4)13-23-22(25)21-18(14-26-3)17-10-5-6-11-20(17)28-21/h5-12,19H,13-14H2,1-4H3,(H,23,25)/t19-/m1/s1. The monoisotopic (exact) mass is 382 g/mol. The molecule has 2 aromatic carbocycles.